The number of morpholine rings is 1. The molecule has 0 unspecified atom stereocenters. The van der Waals surface area contributed by atoms with Crippen molar-refractivity contribution in [3.8, 4) is 0 Å². The molecule has 1 aromatic heterocycles. The van der Waals surface area contributed by atoms with Crippen LogP contribution in [-0.2, 0) is 9.53 Å². The molecule has 0 aromatic carbocycles. The van der Waals surface area contributed by atoms with Crippen LogP contribution in [0.15, 0.2) is 12.4 Å². The zero-order valence-electron chi connectivity index (χ0n) is 12.5. The minimum Gasteiger partial charge on any atom is -0.378 e. The molecule has 0 aliphatic carbocycles. The molecule has 3 rings (SSSR count). The Balaban J connectivity index is 1.57. The second-order valence-electron chi connectivity index (χ2n) is 5.67. The van der Waals surface area contributed by atoms with Crippen LogP contribution in [0.2, 0.25) is 0 Å². The van der Waals surface area contributed by atoms with Gasteiger partial charge in [-0.05, 0) is 0 Å². The largest absolute Gasteiger partial charge is 0.378 e. The molecule has 21 heavy (non-hydrogen) atoms. The fraction of sp³-hybridized carbons (Fsp3) is 0.643. The number of carbonyl (C=O) groups is 1. The molecule has 2 saturated heterocycles. The van der Waals surface area contributed by atoms with E-state index in [-0.39, 0.29) is 11.8 Å². The monoisotopic (exact) mass is 291 g/mol. The lowest BCUT2D eigenvalue weighted by Gasteiger charge is -2.42. The van der Waals surface area contributed by atoms with Gasteiger partial charge in [0, 0.05) is 46.3 Å². The standard InChI is InChI=1S/C14H21N5O2/c1-17(2)12-7-13(16-10-15-12)19-8-11(9-19)14(20)18-3-5-21-6-4-18/h7,10-11H,3-6,8-9H2,1-2H3. The van der Waals surface area contributed by atoms with E-state index in [1.807, 2.05) is 30.0 Å². The normalized spacial score (nSPS) is 19.3. The Morgan fingerprint density at radius 2 is 2.00 bits per heavy atom. The van der Waals surface area contributed by atoms with Crippen molar-refractivity contribution >= 4 is 17.5 Å². The van der Waals surface area contributed by atoms with Crippen LogP contribution in [0.4, 0.5) is 11.6 Å². The maximum absolute atomic E-state index is 12.3. The third kappa shape index (κ3) is 2.92. The van der Waals surface area contributed by atoms with E-state index in [9.17, 15) is 4.79 Å². The van der Waals surface area contributed by atoms with Crippen molar-refractivity contribution in [3.63, 3.8) is 0 Å². The van der Waals surface area contributed by atoms with Crippen molar-refractivity contribution in [2.75, 3.05) is 63.3 Å². The van der Waals surface area contributed by atoms with Crippen LogP contribution in [0, 0.1) is 5.92 Å². The van der Waals surface area contributed by atoms with E-state index >= 15 is 0 Å². The molecule has 0 radical (unpaired) electrons. The summed E-state index contributed by atoms with van der Waals surface area (Å²) < 4.78 is 5.28. The molecule has 0 bridgehead atoms. The van der Waals surface area contributed by atoms with Gasteiger partial charge in [0.2, 0.25) is 5.91 Å². The van der Waals surface area contributed by atoms with E-state index in [1.165, 1.54) is 0 Å². The number of carbonyl (C=O) groups excluding carboxylic acids is 1. The molecule has 1 amide bonds. The topological polar surface area (TPSA) is 61.8 Å². The van der Waals surface area contributed by atoms with Crippen LogP contribution in [0.3, 0.4) is 0 Å². The number of amides is 1. The number of nitrogens with zero attached hydrogens (tertiary/aromatic N) is 5. The van der Waals surface area contributed by atoms with E-state index < -0.39 is 0 Å². The summed E-state index contributed by atoms with van der Waals surface area (Å²) in [5, 5.41) is 0. The van der Waals surface area contributed by atoms with Crippen molar-refractivity contribution in [2.45, 2.75) is 0 Å². The van der Waals surface area contributed by atoms with Gasteiger partial charge in [-0.1, -0.05) is 0 Å². The van der Waals surface area contributed by atoms with Crippen LogP contribution in [-0.4, -0.2) is 74.3 Å². The van der Waals surface area contributed by atoms with Gasteiger partial charge in [0.1, 0.15) is 18.0 Å². The summed E-state index contributed by atoms with van der Waals surface area (Å²) in [6.45, 7) is 4.21. The molecule has 0 atom stereocenters. The van der Waals surface area contributed by atoms with E-state index in [0.717, 1.165) is 24.7 Å². The molecular formula is C14H21N5O2. The Hall–Kier alpha value is -1.89. The molecule has 7 nitrogen and oxygen atoms in total. The summed E-state index contributed by atoms with van der Waals surface area (Å²) in [6, 6.07) is 1.95. The van der Waals surface area contributed by atoms with Crippen LogP contribution in [0.1, 0.15) is 0 Å². The van der Waals surface area contributed by atoms with Crippen LogP contribution < -0.4 is 9.80 Å². The first-order valence-electron chi connectivity index (χ1n) is 7.26. The Bertz CT molecular complexity index is 510. The van der Waals surface area contributed by atoms with E-state index in [1.54, 1.807) is 6.33 Å². The summed E-state index contributed by atoms with van der Waals surface area (Å²) in [7, 11) is 3.90. The highest BCUT2D eigenvalue weighted by Gasteiger charge is 2.36. The van der Waals surface area contributed by atoms with Crippen molar-refractivity contribution in [1.82, 2.24) is 14.9 Å². The van der Waals surface area contributed by atoms with Gasteiger partial charge in [-0.2, -0.15) is 0 Å². The van der Waals surface area contributed by atoms with E-state index in [4.69, 9.17) is 4.74 Å². The number of hydrogen-bond acceptors (Lipinski definition) is 6. The Kier molecular flexibility index (Phi) is 3.92. The lowest BCUT2D eigenvalue weighted by atomic mass is 9.98. The van der Waals surface area contributed by atoms with Gasteiger partial charge in [0.05, 0.1) is 19.1 Å². The molecule has 7 heteroatoms. The smallest absolute Gasteiger partial charge is 0.229 e. The number of aromatic nitrogens is 2. The number of ether oxygens (including phenoxy) is 1. The highest BCUT2D eigenvalue weighted by Crippen LogP contribution is 2.26. The average Bonchev–Trinajstić information content (AvgIpc) is 2.47. The van der Waals surface area contributed by atoms with Crippen molar-refractivity contribution in [1.29, 1.82) is 0 Å². The Morgan fingerprint density at radius 3 is 2.67 bits per heavy atom. The first kappa shape index (κ1) is 14.1. The lowest BCUT2D eigenvalue weighted by molar-refractivity contribution is -0.140. The van der Waals surface area contributed by atoms with Gasteiger partial charge >= 0.3 is 0 Å². The van der Waals surface area contributed by atoms with Crippen molar-refractivity contribution in [3.05, 3.63) is 12.4 Å². The predicted octanol–water partition coefficient (Wildman–Crippen LogP) is -0.162. The van der Waals surface area contributed by atoms with E-state index in [2.05, 4.69) is 14.9 Å². The second kappa shape index (κ2) is 5.85. The number of anilines is 2. The summed E-state index contributed by atoms with van der Waals surface area (Å²) in [6.07, 6.45) is 1.57. The third-order valence-corrected chi connectivity index (χ3v) is 3.97. The highest BCUT2D eigenvalue weighted by molar-refractivity contribution is 5.82. The van der Waals surface area contributed by atoms with Gasteiger partial charge in [-0.3, -0.25) is 4.79 Å². The van der Waals surface area contributed by atoms with Crippen LogP contribution >= 0.6 is 0 Å². The molecule has 2 aliphatic rings. The molecule has 0 N–H and O–H groups in total. The number of hydrogen-bond donors (Lipinski definition) is 0. The highest BCUT2D eigenvalue weighted by atomic mass is 16.5. The summed E-state index contributed by atoms with van der Waals surface area (Å²) >= 11 is 0. The minimum atomic E-state index is 0.0841. The summed E-state index contributed by atoms with van der Waals surface area (Å²) in [4.78, 5) is 26.8. The maximum Gasteiger partial charge on any atom is 0.229 e. The fourth-order valence-corrected chi connectivity index (χ4v) is 2.62. The molecular weight excluding hydrogens is 270 g/mol. The Morgan fingerprint density at radius 1 is 1.29 bits per heavy atom. The summed E-state index contributed by atoms with van der Waals surface area (Å²) in [5.74, 6) is 2.10. The summed E-state index contributed by atoms with van der Waals surface area (Å²) in [5.41, 5.74) is 0. The fourth-order valence-electron chi connectivity index (χ4n) is 2.62. The van der Waals surface area contributed by atoms with Crippen molar-refractivity contribution in [2.24, 2.45) is 5.92 Å². The third-order valence-electron chi connectivity index (χ3n) is 3.97. The van der Waals surface area contributed by atoms with Gasteiger partial charge < -0.3 is 19.4 Å². The van der Waals surface area contributed by atoms with Gasteiger partial charge in [-0.25, -0.2) is 9.97 Å². The van der Waals surface area contributed by atoms with Gasteiger partial charge in [0.25, 0.3) is 0 Å². The van der Waals surface area contributed by atoms with E-state index in [0.29, 0.717) is 26.3 Å². The second-order valence-corrected chi connectivity index (χ2v) is 5.67. The average molecular weight is 291 g/mol. The molecule has 114 valence electrons. The van der Waals surface area contributed by atoms with Crippen LogP contribution in [0.5, 0.6) is 0 Å². The maximum atomic E-state index is 12.3. The van der Waals surface area contributed by atoms with Crippen molar-refractivity contribution < 1.29 is 9.53 Å². The quantitative estimate of drug-likeness (QED) is 0.771. The minimum absolute atomic E-state index is 0.0841. The molecule has 1 aromatic rings. The van der Waals surface area contributed by atoms with Gasteiger partial charge in [0.15, 0.2) is 0 Å². The first-order valence-corrected chi connectivity index (χ1v) is 7.26. The molecule has 0 saturated carbocycles. The van der Waals surface area contributed by atoms with Crippen LogP contribution in [0.25, 0.3) is 0 Å². The Labute approximate surface area is 124 Å². The zero-order chi connectivity index (χ0) is 14.8. The SMILES string of the molecule is CN(C)c1cc(N2CC(C(=O)N3CCOCC3)C2)ncn1. The molecule has 2 aliphatic heterocycles. The number of rotatable bonds is 3. The predicted molar refractivity (Wildman–Crippen MR) is 79.5 cm³/mol. The first-order chi connectivity index (χ1) is 10.1. The lowest BCUT2D eigenvalue weighted by Crippen LogP contribution is -2.56. The molecule has 2 fully saturated rings. The zero-order valence-corrected chi connectivity index (χ0v) is 12.5. The molecule has 0 spiro atoms. The van der Waals surface area contributed by atoms with Gasteiger partial charge in [-0.15, -0.1) is 0 Å². The molecule has 3 heterocycles.